The van der Waals surface area contributed by atoms with Gasteiger partial charge >= 0.3 is 0 Å². The zero-order chi connectivity index (χ0) is 13.9. The summed E-state index contributed by atoms with van der Waals surface area (Å²) in [6, 6.07) is 11.8. The molecular formula is C12H10N2O3S2. The lowest BCUT2D eigenvalue weighted by Crippen LogP contribution is -2.01. The summed E-state index contributed by atoms with van der Waals surface area (Å²) in [5.74, 6) is 0. The molecule has 0 aliphatic heterocycles. The average Bonchev–Trinajstić information content (AvgIpc) is 2.40. The molecule has 0 radical (unpaired) electrons. The molecule has 0 aliphatic rings. The van der Waals surface area contributed by atoms with Crippen LogP contribution in [-0.2, 0) is 21.3 Å². The minimum absolute atomic E-state index is 0.0777. The Kier molecular flexibility index (Phi) is 3.77. The molecule has 7 heteroatoms. The van der Waals surface area contributed by atoms with Crippen LogP contribution in [0.3, 0.4) is 0 Å². The van der Waals surface area contributed by atoms with Crippen molar-refractivity contribution in [2.45, 2.75) is 9.79 Å². The molecule has 19 heavy (non-hydrogen) atoms. The molecule has 0 aromatic heterocycles. The fourth-order valence-corrected chi connectivity index (χ4v) is 2.98. The number of hydrogen-bond acceptors (Lipinski definition) is 5. The molecule has 2 aromatic carbocycles. The van der Waals surface area contributed by atoms with E-state index in [1.807, 2.05) is 0 Å². The first-order valence-electron chi connectivity index (χ1n) is 5.25. The van der Waals surface area contributed by atoms with Gasteiger partial charge in [0, 0.05) is 5.69 Å². The van der Waals surface area contributed by atoms with E-state index in [-0.39, 0.29) is 21.3 Å². The third-order valence-corrected chi connectivity index (χ3v) is 4.55. The van der Waals surface area contributed by atoms with Gasteiger partial charge < -0.3 is 5.73 Å². The summed E-state index contributed by atoms with van der Waals surface area (Å²) in [6.07, 6.45) is 0. The van der Waals surface area contributed by atoms with E-state index < -0.39 is 9.84 Å². The highest BCUT2D eigenvalue weighted by atomic mass is 32.2. The fraction of sp³-hybridized carbons (Fsp3) is 0. The van der Waals surface area contributed by atoms with Gasteiger partial charge in [-0.25, -0.2) is 8.42 Å². The Labute approximate surface area is 114 Å². The van der Waals surface area contributed by atoms with Gasteiger partial charge in [-0.15, -0.1) is 0 Å². The first-order chi connectivity index (χ1) is 9.04. The summed E-state index contributed by atoms with van der Waals surface area (Å²) < 4.78 is 38.4. The van der Waals surface area contributed by atoms with Crippen LogP contribution in [0.4, 0.5) is 11.4 Å². The first-order valence-corrected chi connectivity index (χ1v) is 7.43. The molecule has 2 aromatic rings. The lowest BCUT2D eigenvalue weighted by molar-refractivity contribution is 0.596. The number of anilines is 1. The van der Waals surface area contributed by atoms with Crippen molar-refractivity contribution in [3.05, 3.63) is 48.5 Å². The second-order valence-electron chi connectivity index (χ2n) is 3.73. The molecular weight excluding hydrogens is 284 g/mol. The quantitative estimate of drug-likeness (QED) is 0.878. The van der Waals surface area contributed by atoms with Gasteiger partial charge in [-0.05, 0) is 48.5 Å². The van der Waals surface area contributed by atoms with Crippen molar-refractivity contribution < 1.29 is 12.6 Å². The number of nitrogens with zero attached hydrogens (tertiary/aromatic N) is 1. The summed E-state index contributed by atoms with van der Waals surface area (Å²) in [5.41, 5.74) is 6.45. The highest BCUT2D eigenvalue weighted by Gasteiger charge is 2.16. The highest BCUT2D eigenvalue weighted by molar-refractivity contribution is 7.91. The SMILES string of the molecule is Nc1ccc(S(=O)(=O)c2ccc(N=S=O)cc2)cc1. The van der Waals surface area contributed by atoms with Crippen LogP contribution in [0.5, 0.6) is 0 Å². The van der Waals surface area contributed by atoms with Gasteiger partial charge in [-0.1, -0.05) is 0 Å². The van der Waals surface area contributed by atoms with Crippen LogP contribution in [0.15, 0.2) is 62.7 Å². The molecule has 0 bridgehead atoms. The van der Waals surface area contributed by atoms with Gasteiger partial charge in [0.25, 0.3) is 0 Å². The van der Waals surface area contributed by atoms with E-state index in [4.69, 9.17) is 5.73 Å². The van der Waals surface area contributed by atoms with Crippen molar-refractivity contribution in [2.75, 3.05) is 5.73 Å². The lowest BCUT2D eigenvalue weighted by atomic mass is 10.3. The Morgan fingerprint density at radius 2 is 1.37 bits per heavy atom. The van der Waals surface area contributed by atoms with Gasteiger partial charge in [0.2, 0.25) is 21.3 Å². The number of nitrogens with two attached hydrogens (primary N) is 1. The van der Waals surface area contributed by atoms with Gasteiger partial charge in [0.15, 0.2) is 0 Å². The molecule has 0 fully saturated rings. The van der Waals surface area contributed by atoms with Gasteiger partial charge in [0.05, 0.1) is 15.5 Å². The molecule has 0 spiro atoms. The predicted octanol–water partition coefficient (Wildman–Crippen LogP) is 2.13. The number of hydrogen-bond donors (Lipinski definition) is 1. The summed E-state index contributed by atoms with van der Waals surface area (Å²) in [4.78, 5) is 0.316. The van der Waals surface area contributed by atoms with E-state index in [2.05, 4.69) is 4.36 Å². The maximum absolute atomic E-state index is 12.3. The average molecular weight is 294 g/mol. The minimum Gasteiger partial charge on any atom is -0.399 e. The summed E-state index contributed by atoms with van der Waals surface area (Å²) >= 11 is 0.0777. The van der Waals surface area contributed by atoms with Crippen molar-refractivity contribution in [3.8, 4) is 0 Å². The van der Waals surface area contributed by atoms with Gasteiger partial charge in [0.1, 0.15) is 0 Å². The normalized spacial score (nSPS) is 10.9. The van der Waals surface area contributed by atoms with Crippen molar-refractivity contribution >= 4 is 32.7 Å². The number of benzene rings is 2. The largest absolute Gasteiger partial charge is 0.399 e. The Balaban J connectivity index is 2.44. The van der Waals surface area contributed by atoms with Crippen molar-refractivity contribution in [1.29, 1.82) is 0 Å². The molecule has 0 saturated heterocycles. The third kappa shape index (κ3) is 2.88. The summed E-state index contributed by atoms with van der Waals surface area (Å²) in [5, 5.41) is 0. The van der Waals surface area contributed by atoms with Crippen molar-refractivity contribution in [2.24, 2.45) is 4.36 Å². The van der Waals surface area contributed by atoms with Crippen LogP contribution < -0.4 is 5.73 Å². The van der Waals surface area contributed by atoms with Crippen LogP contribution in [0.2, 0.25) is 0 Å². The highest BCUT2D eigenvalue weighted by Crippen LogP contribution is 2.23. The number of sulfone groups is 1. The van der Waals surface area contributed by atoms with E-state index in [1.54, 1.807) is 0 Å². The molecule has 0 unspecified atom stereocenters. The standard InChI is InChI=1S/C12H10N2O3S2/c13-9-1-5-11(6-2-9)19(16,17)12-7-3-10(4-8-12)14-18-15/h1-8H,13H2. The van der Waals surface area contributed by atoms with Crippen LogP contribution in [-0.4, -0.2) is 12.6 Å². The van der Waals surface area contributed by atoms with Crippen LogP contribution in [0, 0.1) is 0 Å². The number of rotatable bonds is 3. The van der Waals surface area contributed by atoms with Crippen LogP contribution >= 0.6 is 0 Å². The maximum atomic E-state index is 12.3. The first kappa shape index (κ1) is 13.4. The number of nitrogen functional groups attached to an aromatic ring is 1. The molecule has 0 heterocycles. The smallest absolute Gasteiger partial charge is 0.206 e. The van der Waals surface area contributed by atoms with Gasteiger partial charge in [-0.2, -0.15) is 8.57 Å². The topological polar surface area (TPSA) is 89.6 Å². The monoisotopic (exact) mass is 294 g/mol. The third-order valence-electron chi connectivity index (χ3n) is 2.48. The molecule has 0 amide bonds. The lowest BCUT2D eigenvalue weighted by Gasteiger charge is -2.05. The predicted molar refractivity (Wildman–Crippen MR) is 73.0 cm³/mol. The van der Waals surface area contributed by atoms with E-state index in [1.165, 1.54) is 48.5 Å². The molecule has 2 N–H and O–H groups in total. The van der Waals surface area contributed by atoms with E-state index >= 15 is 0 Å². The van der Waals surface area contributed by atoms with Gasteiger partial charge in [-0.3, -0.25) is 0 Å². The molecule has 0 atom stereocenters. The van der Waals surface area contributed by atoms with Crippen LogP contribution in [0.1, 0.15) is 0 Å². The second-order valence-corrected chi connectivity index (χ2v) is 6.01. The molecule has 5 nitrogen and oxygen atoms in total. The molecule has 2 rings (SSSR count). The van der Waals surface area contributed by atoms with Crippen molar-refractivity contribution in [1.82, 2.24) is 0 Å². The summed E-state index contributed by atoms with van der Waals surface area (Å²) in [7, 11) is -3.57. The zero-order valence-corrected chi connectivity index (χ0v) is 11.3. The molecule has 0 aliphatic carbocycles. The second kappa shape index (κ2) is 5.33. The zero-order valence-electron chi connectivity index (χ0n) is 9.68. The van der Waals surface area contributed by atoms with Crippen molar-refractivity contribution in [3.63, 3.8) is 0 Å². The Morgan fingerprint density at radius 3 is 1.84 bits per heavy atom. The van der Waals surface area contributed by atoms with E-state index in [0.717, 1.165) is 0 Å². The minimum atomic E-state index is -3.57. The maximum Gasteiger partial charge on any atom is 0.206 e. The van der Waals surface area contributed by atoms with Crippen LogP contribution in [0.25, 0.3) is 0 Å². The Morgan fingerprint density at radius 1 is 0.895 bits per heavy atom. The Hall–Kier alpha value is -1.99. The van der Waals surface area contributed by atoms with E-state index in [9.17, 15) is 12.6 Å². The summed E-state index contributed by atoms with van der Waals surface area (Å²) in [6.45, 7) is 0. The fourth-order valence-electron chi connectivity index (χ4n) is 1.51. The van der Waals surface area contributed by atoms with E-state index in [0.29, 0.717) is 11.4 Å². The molecule has 0 saturated carbocycles. The molecule has 98 valence electrons. The Bertz CT molecular complexity index is 732.